The standard InChI is InChI=1S/C16H15ClO2/c1-10-5-4-6-11(2)15(10)16(18)13-8-7-12(19-3)9-14(13)17/h4-9H,1-3H3. The molecule has 0 amide bonds. The summed E-state index contributed by atoms with van der Waals surface area (Å²) in [6.07, 6.45) is 0. The molecule has 0 aliphatic heterocycles. The van der Waals surface area contributed by atoms with E-state index in [1.54, 1.807) is 25.3 Å². The summed E-state index contributed by atoms with van der Waals surface area (Å²) in [6.45, 7) is 3.86. The Bertz CT molecular complexity index is 612. The van der Waals surface area contributed by atoms with Crippen LogP contribution in [0.3, 0.4) is 0 Å². The number of methoxy groups -OCH3 is 1. The Kier molecular flexibility index (Phi) is 3.91. The lowest BCUT2D eigenvalue weighted by Crippen LogP contribution is -2.07. The second kappa shape index (κ2) is 5.45. The maximum absolute atomic E-state index is 12.6. The van der Waals surface area contributed by atoms with E-state index in [0.717, 1.165) is 16.7 Å². The largest absolute Gasteiger partial charge is 0.497 e. The van der Waals surface area contributed by atoms with Gasteiger partial charge in [0.25, 0.3) is 0 Å². The monoisotopic (exact) mass is 274 g/mol. The van der Waals surface area contributed by atoms with Crippen LogP contribution in [0, 0.1) is 13.8 Å². The van der Waals surface area contributed by atoms with Gasteiger partial charge in [-0.25, -0.2) is 0 Å². The van der Waals surface area contributed by atoms with Gasteiger partial charge in [-0.2, -0.15) is 0 Å². The van der Waals surface area contributed by atoms with Crippen molar-refractivity contribution in [3.05, 3.63) is 63.7 Å². The van der Waals surface area contributed by atoms with Crippen LogP contribution in [-0.2, 0) is 0 Å². The fraction of sp³-hybridized carbons (Fsp3) is 0.188. The minimum Gasteiger partial charge on any atom is -0.497 e. The molecule has 98 valence electrons. The van der Waals surface area contributed by atoms with E-state index in [4.69, 9.17) is 16.3 Å². The maximum atomic E-state index is 12.6. The smallest absolute Gasteiger partial charge is 0.195 e. The molecule has 0 atom stereocenters. The molecule has 0 bridgehead atoms. The normalized spacial score (nSPS) is 10.3. The average Bonchev–Trinajstić information content (AvgIpc) is 2.38. The molecule has 0 aliphatic carbocycles. The number of ketones is 1. The first-order chi connectivity index (χ1) is 9.04. The molecular weight excluding hydrogens is 260 g/mol. The van der Waals surface area contributed by atoms with E-state index in [1.807, 2.05) is 32.0 Å². The second-order valence-corrected chi connectivity index (χ2v) is 4.85. The van der Waals surface area contributed by atoms with Gasteiger partial charge in [0.05, 0.1) is 12.1 Å². The second-order valence-electron chi connectivity index (χ2n) is 4.44. The molecule has 2 aromatic carbocycles. The van der Waals surface area contributed by atoms with Crippen LogP contribution < -0.4 is 4.74 Å². The fourth-order valence-corrected chi connectivity index (χ4v) is 2.37. The highest BCUT2D eigenvalue weighted by Crippen LogP contribution is 2.26. The number of aryl methyl sites for hydroxylation is 2. The van der Waals surface area contributed by atoms with Crippen molar-refractivity contribution in [3.8, 4) is 5.75 Å². The number of rotatable bonds is 3. The maximum Gasteiger partial charge on any atom is 0.195 e. The van der Waals surface area contributed by atoms with Gasteiger partial charge >= 0.3 is 0 Å². The summed E-state index contributed by atoms with van der Waals surface area (Å²) in [5, 5.41) is 0.409. The number of hydrogen-bond acceptors (Lipinski definition) is 2. The SMILES string of the molecule is COc1ccc(C(=O)c2c(C)cccc2C)c(Cl)c1. The van der Waals surface area contributed by atoms with Crippen molar-refractivity contribution in [2.24, 2.45) is 0 Å². The van der Waals surface area contributed by atoms with Crippen LogP contribution >= 0.6 is 11.6 Å². The van der Waals surface area contributed by atoms with Gasteiger partial charge in [-0.15, -0.1) is 0 Å². The van der Waals surface area contributed by atoms with Crippen molar-refractivity contribution in [1.29, 1.82) is 0 Å². The molecule has 0 aromatic heterocycles. The molecule has 0 fully saturated rings. The average molecular weight is 275 g/mol. The van der Waals surface area contributed by atoms with E-state index >= 15 is 0 Å². The third kappa shape index (κ3) is 2.64. The Morgan fingerprint density at radius 1 is 1.11 bits per heavy atom. The van der Waals surface area contributed by atoms with Gasteiger partial charge in [0.15, 0.2) is 5.78 Å². The van der Waals surface area contributed by atoms with E-state index in [9.17, 15) is 4.79 Å². The zero-order valence-electron chi connectivity index (χ0n) is 11.2. The van der Waals surface area contributed by atoms with Crippen molar-refractivity contribution in [2.75, 3.05) is 7.11 Å². The minimum atomic E-state index is -0.0525. The highest BCUT2D eigenvalue weighted by atomic mass is 35.5. The molecule has 19 heavy (non-hydrogen) atoms. The molecule has 0 saturated carbocycles. The first kappa shape index (κ1) is 13.6. The van der Waals surface area contributed by atoms with E-state index in [1.165, 1.54) is 0 Å². The van der Waals surface area contributed by atoms with E-state index < -0.39 is 0 Å². The summed E-state index contributed by atoms with van der Waals surface area (Å²) in [4.78, 5) is 12.6. The van der Waals surface area contributed by atoms with Crippen LogP contribution in [0.2, 0.25) is 5.02 Å². The van der Waals surface area contributed by atoms with Crippen LogP contribution in [0.4, 0.5) is 0 Å². The lowest BCUT2D eigenvalue weighted by atomic mass is 9.95. The molecule has 0 unspecified atom stereocenters. The Labute approximate surface area is 118 Å². The van der Waals surface area contributed by atoms with Crippen LogP contribution in [0.5, 0.6) is 5.75 Å². The van der Waals surface area contributed by atoms with Gasteiger partial charge in [0.1, 0.15) is 5.75 Å². The number of benzene rings is 2. The Hall–Kier alpha value is -1.80. The molecule has 2 nitrogen and oxygen atoms in total. The number of carbonyl (C=O) groups is 1. The van der Waals surface area contributed by atoms with E-state index in [0.29, 0.717) is 16.3 Å². The summed E-state index contributed by atoms with van der Waals surface area (Å²) in [5.74, 6) is 0.589. The van der Waals surface area contributed by atoms with Crippen LogP contribution in [0.1, 0.15) is 27.0 Å². The lowest BCUT2D eigenvalue weighted by molar-refractivity contribution is 0.103. The molecule has 2 rings (SSSR count). The van der Waals surface area contributed by atoms with Crippen LogP contribution in [0.15, 0.2) is 36.4 Å². The van der Waals surface area contributed by atoms with Gasteiger partial charge in [-0.1, -0.05) is 29.8 Å². The van der Waals surface area contributed by atoms with Crippen LogP contribution in [0.25, 0.3) is 0 Å². The van der Waals surface area contributed by atoms with Crippen molar-refractivity contribution in [1.82, 2.24) is 0 Å². The quantitative estimate of drug-likeness (QED) is 0.784. The highest BCUT2D eigenvalue weighted by molar-refractivity contribution is 6.35. The summed E-state index contributed by atoms with van der Waals surface area (Å²) in [7, 11) is 1.57. The molecule has 0 N–H and O–H groups in total. The minimum absolute atomic E-state index is 0.0525. The Morgan fingerprint density at radius 3 is 2.26 bits per heavy atom. The topological polar surface area (TPSA) is 26.3 Å². The number of halogens is 1. The number of ether oxygens (including phenoxy) is 1. The predicted octanol–water partition coefficient (Wildman–Crippen LogP) is 4.20. The van der Waals surface area contributed by atoms with Gasteiger partial charge in [0, 0.05) is 11.1 Å². The van der Waals surface area contributed by atoms with Crippen molar-refractivity contribution >= 4 is 17.4 Å². The van der Waals surface area contributed by atoms with Gasteiger partial charge in [-0.05, 0) is 43.2 Å². The summed E-state index contributed by atoms with van der Waals surface area (Å²) >= 11 is 6.16. The van der Waals surface area contributed by atoms with Gasteiger partial charge < -0.3 is 4.74 Å². The summed E-state index contributed by atoms with van der Waals surface area (Å²) < 4.78 is 5.09. The van der Waals surface area contributed by atoms with Crippen molar-refractivity contribution in [3.63, 3.8) is 0 Å². The van der Waals surface area contributed by atoms with Crippen molar-refractivity contribution < 1.29 is 9.53 Å². The molecule has 0 radical (unpaired) electrons. The molecular formula is C16H15ClO2. The van der Waals surface area contributed by atoms with Gasteiger partial charge in [0.2, 0.25) is 0 Å². The zero-order chi connectivity index (χ0) is 14.0. The molecule has 3 heteroatoms. The van der Waals surface area contributed by atoms with Gasteiger partial charge in [-0.3, -0.25) is 4.79 Å². The number of carbonyl (C=O) groups excluding carboxylic acids is 1. The Morgan fingerprint density at radius 2 is 1.74 bits per heavy atom. The molecule has 0 spiro atoms. The molecule has 0 heterocycles. The highest BCUT2D eigenvalue weighted by Gasteiger charge is 2.17. The summed E-state index contributed by atoms with van der Waals surface area (Å²) in [5.41, 5.74) is 3.13. The lowest BCUT2D eigenvalue weighted by Gasteiger charge is -2.10. The van der Waals surface area contributed by atoms with Crippen molar-refractivity contribution in [2.45, 2.75) is 13.8 Å². The third-order valence-electron chi connectivity index (χ3n) is 3.13. The first-order valence-corrected chi connectivity index (χ1v) is 6.37. The fourth-order valence-electron chi connectivity index (χ4n) is 2.11. The zero-order valence-corrected chi connectivity index (χ0v) is 11.9. The predicted molar refractivity (Wildman–Crippen MR) is 77.4 cm³/mol. The number of hydrogen-bond donors (Lipinski definition) is 0. The molecule has 0 saturated heterocycles. The first-order valence-electron chi connectivity index (χ1n) is 5.99. The van der Waals surface area contributed by atoms with E-state index in [-0.39, 0.29) is 5.78 Å². The van der Waals surface area contributed by atoms with E-state index in [2.05, 4.69) is 0 Å². The van der Waals surface area contributed by atoms with Crippen LogP contribution in [-0.4, -0.2) is 12.9 Å². The Balaban J connectivity index is 2.51. The molecule has 0 aliphatic rings. The third-order valence-corrected chi connectivity index (χ3v) is 3.44. The molecule has 2 aromatic rings. The summed E-state index contributed by atoms with van der Waals surface area (Å²) in [6, 6.07) is 10.9.